The summed E-state index contributed by atoms with van der Waals surface area (Å²) in [5.74, 6) is 0.878. The summed E-state index contributed by atoms with van der Waals surface area (Å²) in [5.41, 5.74) is 12.3. The summed E-state index contributed by atoms with van der Waals surface area (Å²) in [7, 11) is 0. The van der Waals surface area contributed by atoms with Gasteiger partial charge in [0.1, 0.15) is 5.82 Å². The van der Waals surface area contributed by atoms with E-state index in [0.29, 0.717) is 0 Å². The van der Waals surface area contributed by atoms with E-state index in [2.05, 4.69) is 179 Å². The molecule has 0 bridgehead atoms. The molecular formula is C47H29BrN2. The number of pyridine rings is 1. The van der Waals surface area contributed by atoms with Crippen LogP contribution in [0.2, 0.25) is 0 Å². The van der Waals surface area contributed by atoms with E-state index in [1.165, 1.54) is 76.8 Å². The summed E-state index contributed by atoms with van der Waals surface area (Å²) in [6.45, 7) is 0. The number of hydrogen-bond acceptors (Lipinski definition) is 2. The van der Waals surface area contributed by atoms with Crippen molar-refractivity contribution in [1.29, 1.82) is 0 Å². The zero-order valence-corrected chi connectivity index (χ0v) is 28.6. The molecule has 0 amide bonds. The fourth-order valence-corrected chi connectivity index (χ4v) is 8.21. The van der Waals surface area contributed by atoms with Gasteiger partial charge in [0.2, 0.25) is 0 Å². The number of halogens is 1. The van der Waals surface area contributed by atoms with Crippen molar-refractivity contribution in [2.45, 2.75) is 0 Å². The van der Waals surface area contributed by atoms with Crippen LogP contribution in [-0.4, -0.2) is 4.98 Å². The van der Waals surface area contributed by atoms with Crippen LogP contribution >= 0.6 is 15.9 Å². The van der Waals surface area contributed by atoms with E-state index in [4.69, 9.17) is 4.98 Å². The molecule has 1 aromatic heterocycles. The quantitative estimate of drug-likeness (QED) is 0.178. The molecule has 0 radical (unpaired) electrons. The van der Waals surface area contributed by atoms with Crippen molar-refractivity contribution in [1.82, 2.24) is 4.98 Å². The van der Waals surface area contributed by atoms with E-state index >= 15 is 0 Å². The maximum atomic E-state index is 4.79. The van der Waals surface area contributed by atoms with Gasteiger partial charge in [-0.3, -0.25) is 4.90 Å². The van der Waals surface area contributed by atoms with Crippen molar-refractivity contribution < 1.29 is 0 Å². The molecule has 0 saturated heterocycles. The van der Waals surface area contributed by atoms with E-state index in [9.17, 15) is 0 Å². The van der Waals surface area contributed by atoms with Crippen LogP contribution in [0.5, 0.6) is 0 Å². The van der Waals surface area contributed by atoms with Gasteiger partial charge in [0.25, 0.3) is 0 Å². The molecule has 2 nitrogen and oxygen atoms in total. The second-order valence-electron chi connectivity index (χ2n) is 12.9. The summed E-state index contributed by atoms with van der Waals surface area (Å²) < 4.78 is 1.08. The molecule has 0 N–H and O–H groups in total. The van der Waals surface area contributed by atoms with E-state index in [1.54, 1.807) is 0 Å². The molecule has 0 aliphatic heterocycles. The van der Waals surface area contributed by atoms with Crippen molar-refractivity contribution in [3.8, 4) is 44.5 Å². The van der Waals surface area contributed by atoms with Gasteiger partial charge in [-0.25, -0.2) is 4.98 Å². The molecule has 234 valence electrons. The standard InChI is InChI=1S/C47H29BrN2/c48-35-23-18-32(19-24-35)44-38-13-3-4-14-39(38)45(47-41-16-8-12-31-11-7-15-40(43(31)41)46(44)47)33-21-25-36(26-22-33)50(42-17-5-6-28-49-42)37-27-20-30-9-1-2-10-34(30)29-37/h1-29H. The van der Waals surface area contributed by atoms with Crippen molar-refractivity contribution in [2.75, 3.05) is 4.90 Å². The van der Waals surface area contributed by atoms with Crippen molar-refractivity contribution in [3.05, 3.63) is 181 Å². The van der Waals surface area contributed by atoms with Gasteiger partial charge in [-0.2, -0.15) is 0 Å². The second kappa shape index (κ2) is 11.5. The molecule has 1 aliphatic carbocycles. The Bertz CT molecular complexity index is 2750. The van der Waals surface area contributed by atoms with Gasteiger partial charge >= 0.3 is 0 Å². The molecule has 0 spiro atoms. The van der Waals surface area contributed by atoms with Gasteiger partial charge in [0.05, 0.1) is 0 Å². The maximum absolute atomic E-state index is 4.79. The molecule has 0 fully saturated rings. The third-order valence-electron chi connectivity index (χ3n) is 10.1. The van der Waals surface area contributed by atoms with Gasteiger partial charge in [0.15, 0.2) is 0 Å². The van der Waals surface area contributed by atoms with E-state index in [0.717, 1.165) is 21.7 Å². The van der Waals surface area contributed by atoms with Crippen molar-refractivity contribution >= 4 is 65.4 Å². The number of rotatable bonds is 5. The van der Waals surface area contributed by atoms with Gasteiger partial charge in [-0.05, 0) is 125 Å². The van der Waals surface area contributed by atoms with Crippen LogP contribution in [-0.2, 0) is 0 Å². The Labute approximate surface area is 299 Å². The normalized spacial score (nSPS) is 11.7. The Morgan fingerprint density at radius 3 is 1.62 bits per heavy atom. The predicted octanol–water partition coefficient (Wildman–Crippen LogP) is 13.8. The monoisotopic (exact) mass is 700 g/mol. The van der Waals surface area contributed by atoms with Crippen LogP contribution < -0.4 is 4.90 Å². The first-order valence-corrected chi connectivity index (χ1v) is 17.7. The van der Waals surface area contributed by atoms with Crippen LogP contribution in [0.4, 0.5) is 17.2 Å². The lowest BCUT2D eigenvalue weighted by molar-refractivity contribution is 1.18. The SMILES string of the molecule is Brc1ccc(-c2c3c(c(-c4ccc(N(c5ccc6ccccc6c5)c5ccccn5)cc4)c4ccccc24)-c2cccc4cccc-3c24)cc1. The molecule has 1 aliphatic rings. The average Bonchev–Trinajstić information content (AvgIpc) is 3.50. The Kier molecular flexibility index (Phi) is 6.68. The molecule has 0 atom stereocenters. The minimum absolute atomic E-state index is 0.878. The smallest absolute Gasteiger partial charge is 0.137 e. The lowest BCUT2D eigenvalue weighted by atomic mass is 9.82. The topological polar surface area (TPSA) is 16.1 Å². The molecule has 3 heteroatoms. The highest BCUT2D eigenvalue weighted by molar-refractivity contribution is 9.10. The fourth-order valence-electron chi connectivity index (χ4n) is 7.94. The Morgan fingerprint density at radius 2 is 0.980 bits per heavy atom. The number of nitrogens with zero attached hydrogens (tertiary/aromatic N) is 2. The van der Waals surface area contributed by atoms with Gasteiger partial charge in [0, 0.05) is 22.0 Å². The van der Waals surface area contributed by atoms with Gasteiger partial charge in [-0.15, -0.1) is 0 Å². The highest BCUT2D eigenvalue weighted by atomic mass is 79.9. The summed E-state index contributed by atoms with van der Waals surface area (Å²) in [6, 6.07) is 61.4. The molecule has 1 heterocycles. The number of benzene rings is 8. The number of aromatic nitrogens is 1. The van der Waals surface area contributed by atoms with Gasteiger partial charge in [-0.1, -0.05) is 137 Å². The molecule has 50 heavy (non-hydrogen) atoms. The first-order chi connectivity index (χ1) is 24.7. The zero-order chi connectivity index (χ0) is 33.2. The Morgan fingerprint density at radius 1 is 0.420 bits per heavy atom. The summed E-state index contributed by atoms with van der Waals surface area (Å²) in [6.07, 6.45) is 1.86. The summed E-state index contributed by atoms with van der Waals surface area (Å²) >= 11 is 3.67. The van der Waals surface area contributed by atoms with Crippen LogP contribution in [0.1, 0.15) is 0 Å². The lowest BCUT2D eigenvalue weighted by Crippen LogP contribution is -2.11. The Hall–Kier alpha value is -6.03. The number of fused-ring (bicyclic) bond motifs is 5. The highest BCUT2D eigenvalue weighted by Gasteiger charge is 2.30. The molecule has 10 rings (SSSR count). The second-order valence-corrected chi connectivity index (χ2v) is 13.8. The number of anilines is 3. The van der Waals surface area contributed by atoms with Crippen LogP contribution in [0.3, 0.4) is 0 Å². The van der Waals surface area contributed by atoms with E-state index in [-0.39, 0.29) is 0 Å². The third-order valence-corrected chi connectivity index (χ3v) is 10.6. The van der Waals surface area contributed by atoms with Gasteiger partial charge < -0.3 is 0 Å². The van der Waals surface area contributed by atoms with E-state index < -0.39 is 0 Å². The molecule has 8 aromatic carbocycles. The minimum atomic E-state index is 0.878. The van der Waals surface area contributed by atoms with E-state index in [1.807, 2.05) is 18.3 Å². The lowest BCUT2D eigenvalue weighted by Gasteiger charge is -2.25. The van der Waals surface area contributed by atoms with Crippen molar-refractivity contribution in [2.24, 2.45) is 0 Å². The minimum Gasteiger partial charge on any atom is -0.295 e. The average molecular weight is 702 g/mol. The highest BCUT2D eigenvalue weighted by Crippen LogP contribution is 2.57. The van der Waals surface area contributed by atoms with Crippen LogP contribution in [0, 0.1) is 0 Å². The first-order valence-electron chi connectivity index (χ1n) is 16.9. The number of hydrogen-bond donors (Lipinski definition) is 0. The molecular weight excluding hydrogens is 672 g/mol. The van der Waals surface area contributed by atoms with Crippen LogP contribution in [0.25, 0.3) is 76.8 Å². The summed E-state index contributed by atoms with van der Waals surface area (Å²) in [5, 5.41) is 7.51. The molecule has 0 unspecified atom stereocenters. The molecule has 0 saturated carbocycles. The Balaban J connectivity index is 1.22. The molecule has 9 aromatic rings. The fraction of sp³-hybridized carbons (Fsp3) is 0. The van der Waals surface area contributed by atoms with Crippen molar-refractivity contribution in [3.63, 3.8) is 0 Å². The maximum Gasteiger partial charge on any atom is 0.137 e. The zero-order valence-electron chi connectivity index (χ0n) is 27.0. The predicted molar refractivity (Wildman–Crippen MR) is 214 cm³/mol. The third kappa shape index (κ3) is 4.51. The van der Waals surface area contributed by atoms with Crippen LogP contribution in [0.15, 0.2) is 181 Å². The first kappa shape index (κ1) is 28.9. The summed E-state index contributed by atoms with van der Waals surface area (Å²) in [4.78, 5) is 7.03. The largest absolute Gasteiger partial charge is 0.295 e.